The molecule has 0 saturated carbocycles. The molecule has 1 unspecified atom stereocenters. The molecule has 0 spiro atoms. The highest BCUT2D eigenvalue weighted by Gasteiger charge is 2.42. The molecule has 1 fully saturated rings. The summed E-state index contributed by atoms with van der Waals surface area (Å²) in [5.74, 6) is -0.949. The van der Waals surface area contributed by atoms with Gasteiger partial charge in [0.15, 0.2) is 5.69 Å². The zero-order valence-electron chi connectivity index (χ0n) is 12.3. The topological polar surface area (TPSA) is 82.5 Å². The predicted octanol–water partition coefficient (Wildman–Crippen LogP) is 2.21. The van der Waals surface area contributed by atoms with E-state index in [1.807, 2.05) is 0 Å². The van der Waals surface area contributed by atoms with Crippen LogP contribution in [0.1, 0.15) is 24.0 Å². The van der Waals surface area contributed by atoms with Crippen LogP contribution in [0.15, 0.2) is 5.38 Å². The molecule has 10 heteroatoms. The minimum absolute atomic E-state index is 0.115. The van der Waals surface area contributed by atoms with Gasteiger partial charge in [-0.15, -0.1) is 11.3 Å². The Kier molecular flexibility index (Phi) is 4.83. The lowest BCUT2D eigenvalue weighted by molar-refractivity contribution is -0.147. The Hall–Kier alpha value is -1.84. The van der Waals surface area contributed by atoms with Gasteiger partial charge in [-0.05, 0) is 13.3 Å². The number of aliphatic carboxylic acids is 1. The lowest BCUT2D eigenvalue weighted by atomic mass is 9.90. The first-order valence-corrected chi connectivity index (χ1v) is 7.77. The van der Waals surface area contributed by atoms with Crippen molar-refractivity contribution in [2.45, 2.75) is 25.9 Å². The van der Waals surface area contributed by atoms with Gasteiger partial charge >= 0.3 is 18.2 Å². The molecule has 2 rings (SSSR count). The second-order valence-electron chi connectivity index (χ2n) is 5.64. The zero-order chi connectivity index (χ0) is 17.3. The van der Waals surface area contributed by atoms with E-state index in [2.05, 4.69) is 10.3 Å². The number of hydrogen-bond acceptors (Lipinski definition) is 4. The molecule has 0 bridgehead atoms. The van der Waals surface area contributed by atoms with Crippen molar-refractivity contribution in [1.29, 1.82) is 0 Å². The number of carboxylic acid groups (broad SMARTS) is 1. The maximum absolute atomic E-state index is 12.4. The van der Waals surface area contributed by atoms with E-state index in [-0.39, 0.29) is 24.5 Å². The molecule has 1 aromatic heterocycles. The van der Waals surface area contributed by atoms with Gasteiger partial charge in [0, 0.05) is 31.4 Å². The Labute approximate surface area is 134 Å². The summed E-state index contributed by atoms with van der Waals surface area (Å²) in [5, 5.41) is 12.9. The Morgan fingerprint density at radius 2 is 2.22 bits per heavy atom. The number of hydrogen-bond donors (Lipinski definition) is 2. The third-order valence-electron chi connectivity index (χ3n) is 3.73. The number of aromatic nitrogens is 1. The van der Waals surface area contributed by atoms with Gasteiger partial charge in [0.1, 0.15) is 0 Å². The summed E-state index contributed by atoms with van der Waals surface area (Å²) in [5.41, 5.74) is -1.88. The molecule has 128 valence electrons. The Morgan fingerprint density at radius 3 is 2.74 bits per heavy atom. The second kappa shape index (κ2) is 6.34. The number of nitrogens with one attached hydrogen (secondary N) is 1. The van der Waals surface area contributed by atoms with Crippen LogP contribution in [0.3, 0.4) is 0 Å². The maximum atomic E-state index is 12.4. The van der Waals surface area contributed by atoms with Crippen LogP contribution in [-0.2, 0) is 17.4 Å². The van der Waals surface area contributed by atoms with E-state index in [9.17, 15) is 22.8 Å². The van der Waals surface area contributed by atoms with E-state index in [4.69, 9.17) is 5.11 Å². The van der Waals surface area contributed by atoms with Crippen LogP contribution >= 0.6 is 11.3 Å². The van der Waals surface area contributed by atoms with Crippen LogP contribution in [-0.4, -0.2) is 46.6 Å². The lowest BCUT2D eigenvalue weighted by Gasteiger charge is -2.20. The quantitative estimate of drug-likeness (QED) is 0.871. The van der Waals surface area contributed by atoms with Crippen molar-refractivity contribution in [1.82, 2.24) is 15.2 Å². The molecule has 2 amide bonds. The maximum Gasteiger partial charge on any atom is 0.434 e. The number of carbonyl (C=O) groups is 2. The highest BCUT2D eigenvalue weighted by molar-refractivity contribution is 7.09. The van der Waals surface area contributed by atoms with Crippen LogP contribution < -0.4 is 5.32 Å². The number of alkyl halides is 3. The third-order valence-corrected chi connectivity index (χ3v) is 4.64. The van der Waals surface area contributed by atoms with Crippen molar-refractivity contribution in [3.05, 3.63) is 16.1 Å². The molecule has 6 nitrogen and oxygen atoms in total. The van der Waals surface area contributed by atoms with Gasteiger partial charge in [-0.25, -0.2) is 9.78 Å². The molecule has 23 heavy (non-hydrogen) atoms. The first kappa shape index (κ1) is 17.5. The number of rotatable bonds is 4. The number of thiazole rings is 1. The number of urea groups is 1. The molecular weight excluding hydrogens is 335 g/mol. The van der Waals surface area contributed by atoms with Crippen molar-refractivity contribution in [3.8, 4) is 0 Å². The molecule has 2 N–H and O–H groups in total. The molecule has 1 aromatic rings. The van der Waals surface area contributed by atoms with Gasteiger partial charge in [-0.2, -0.15) is 13.2 Å². The van der Waals surface area contributed by atoms with Crippen LogP contribution in [0.5, 0.6) is 0 Å². The van der Waals surface area contributed by atoms with E-state index in [0.717, 1.165) is 16.7 Å². The molecule has 1 atom stereocenters. The third kappa shape index (κ3) is 4.12. The molecule has 1 saturated heterocycles. The Bertz CT molecular complexity index is 605. The van der Waals surface area contributed by atoms with Gasteiger partial charge in [0.2, 0.25) is 0 Å². The van der Waals surface area contributed by atoms with E-state index < -0.39 is 29.3 Å². The fraction of sp³-hybridized carbons (Fsp3) is 0.615. The first-order valence-electron chi connectivity index (χ1n) is 6.89. The first-order chi connectivity index (χ1) is 10.6. The van der Waals surface area contributed by atoms with Crippen molar-refractivity contribution in [2.24, 2.45) is 5.41 Å². The van der Waals surface area contributed by atoms with Crippen molar-refractivity contribution in [3.63, 3.8) is 0 Å². The average Bonchev–Trinajstić information content (AvgIpc) is 3.06. The summed E-state index contributed by atoms with van der Waals surface area (Å²) >= 11 is 0.890. The fourth-order valence-corrected chi connectivity index (χ4v) is 3.06. The zero-order valence-corrected chi connectivity index (χ0v) is 13.1. The normalized spacial score (nSPS) is 21.5. The van der Waals surface area contributed by atoms with Gasteiger partial charge in [-0.3, -0.25) is 4.79 Å². The van der Waals surface area contributed by atoms with Crippen molar-refractivity contribution in [2.75, 3.05) is 19.6 Å². The van der Waals surface area contributed by atoms with E-state index in [0.29, 0.717) is 13.0 Å². The second-order valence-corrected chi connectivity index (χ2v) is 6.59. The van der Waals surface area contributed by atoms with E-state index in [1.165, 1.54) is 4.90 Å². The van der Waals surface area contributed by atoms with E-state index in [1.54, 1.807) is 6.92 Å². The molecule has 0 aromatic carbocycles. The number of carboxylic acids is 1. The minimum atomic E-state index is -4.46. The van der Waals surface area contributed by atoms with Crippen LogP contribution in [0.25, 0.3) is 0 Å². The van der Waals surface area contributed by atoms with Crippen LogP contribution in [0.2, 0.25) is 0 Å². The summed E-state index contributed by atoms with van der Waals surface area (Å²) in [6.45, 7) is 2.18. The standard InChI is InChI=1S/C13H16F3N3O3S/c1-12(10(20)21)3-5-19(7-12)11(22)17-4-2-9-18-8(6-23-9)13(14,15)16/h6H,2-5,7H2,1H3,(H,17,22)(H,20,21). The van der Waals surface area contributed by atoms with Gasteiger partial charge in [-0.1, -0.05) is 0 Å². The molecule has 2 heterocycles. The highest BCUT2D eigenvalue weighted by atomic mass is 32.1. The fourth-order valence-electron chi connectivity index (χ4n) is 2.25. The molecule has 1 aliphatic heterocycles. The Balaban J connectivity index is 1.80. The van der Waals surface area contributed by atoms with Gasteiger partial charge in [0.05, 0.1) is 10.4 Å². The van der Waals surface area contributed by atoms with Crippen molar-refractivity contribution < 1.29 is 27.9 Å². The summed E-state index contributed by atoms with van der Waals surface area (Å²) < 4.78 is 37.2. The predicted molar refractivity (Wildman–Crippen MR) is 76.2 cm³/mol. The molecule has 0 aliphatic carbocycles. The number of amides is 2. The lowest BCUT2D eigenvalue weighted by Crippen LogP contribution is -2.41. The van der Waals surface area contributed by atoms with Gasteiger partial charge < -0.3 is 15.3 Å². The largest absolute Gasteiger partial charge is 0.481 e. The Morgan fingerprint density at radius 1 is 1.52 bits per heavy atom. The summed E-state index contributed by atoms with van der Waals surface area (Å²) in [6.07, 6.45) is -3.90. The molecular formula is C13H16F3N3O3S. The van der Waals surface area contributed by atoms with Crippen molar-refractivity contribution >= 4 is 23.3 Å². The highest BCUT2D eigenvalue weighted by Crippen LogP contribution is 2.31. The smallest absolute Gasteiger partial charge is 0.434 e. The number of carbonyl (C=O) groups excluding carboxylic acids is 1. The average molecular weight is 351 g/mol. The monoisotopic (exact) mass is 351 g/mol. The summed E-state index contributed by atoms with van der Waals surface area (Å²) in [6, 6.07) is -0.414. The summed E-state index contributed by atoms with van der Waals surface area (Å²) in [4.78, 5) is 27.9. The number of halogens is 3. The minimum Gasteiger partial charge on any atom is -0.481 e. The van der Waals surface area contributed by atoms with Crippen LogP contribution in [0.4, 0.5) is 18.0 Å². The molecule has 1 aliphatic rings. The summed E-state index contributed by atoms with van der Waals surface area (Å²) in [7, 11) is 0. The SMILES string of the molecule is CC1(C(=O)O)CCN(C(=O)NCCc2nc(C(F)(F)F)cs2)C1. The van der Waals surface area contributed by atoms with Crippen LogP contribution in [0, 0.1) is 5.41 Å². The number of likely N-dealkylation sites (tertiary alicyclic amines) is 1. The number of nitrogens with zero attached hydrogens (tertiary/aromatic N) is 2. The van der Waals surface area contributed by atoms with Gasteiger partial charge in [0.25, 0.3) is 0 Å². The molecule has 0 radical (unpaired) electrons. The van der Waals surface area contributed by atoms with E-state index >= 15 is 0 Å².